The molecule has 3 nitrogen and oxygen atoms in total. The Bertz CT molecular complexity index is 393. The maximum atomic E-state index is 11.9. The third-order valence-electron chi connectivity index (χ3n) is 2.67. The number of hydrogen-bond donors (Lipinski definition) is 2. The summed E-state index contributed by atoms with van der Waals surface area (Å²) >= 11 is 3.37. The molecule has 0 fully saturated rings. The van der Waals surface area contributed by atoms with Gasteiger partial charge in [0.1, 0.15) is 0 Å². The summed E-state index contributed by atoms with van der Waals surface area (Å²) in [6, 6.07) is 5.59. The van der Waals surface area contributed by atoms with Gasteiger partial charge >= 0.3 is 0 Å². The molecule has 0 aliphatic heterocycles. The lowest BCUT2D eigenvalue weighted by Crippen LogP contribution is -2.29. The summed E-state index contributed by atoms with van der Waals surface area (Å²) in [5.74, 6) is 0.236. The highest BCUT2D eigenvalue weighted by Gasteiger charge is 2.10. The summed E-state index contributed by atoms with van der Waals surface area (Å²) < 4.78 is 0.972. The number of carbonyl (C=O) groups excluding carboxylic acids is 1. The first-order chi connectivity index (χ1) is 8.04. The fourth-order valence-corrected chi connectivity index (χ4v) is 2.04. The van der Waals surface area contributed by atoms with Crippen LogP contribution in [0.4, 0.5) is 0 Å². The van der Waals surface area contributed by atoms with Gasteiger partial charge in [-0.05, 0) is 43.0 Å². The largest absolute Gasteiger partial charge is 0.396 e. The quantitative estimate of drug-likeness (QED) is 0.878. The van der Waals surface area contributed by atoms with E-state index in [0.717, 1.165) is 10.0 Å². The minimum atomic E-state index is -0.0558. The first-order valence-corrected chi connectivity index (χ1v) is 6.49. The van der Waals surface area contributed by atoms with Crippen molar-refractivity contribution in [1.82, 2.24) is 5.32 Å². The second-order valence-corrected chi connectivity index (χ2v) is 5.20. The zero-order valence-corrected chi connectivity index (χ0v) is 11.8. The second-order valence-electron chi connectivity index (χ2n) is 4.29. The third-order valence-corrected chi connectivity index (χ3v) is 3.16. The number of amides is 1. The Morgan fingerprint density at radius 3 is 2.82 bits per heavy atom. The monoisotopic (exact) mass is 299 g/mol. The third kappa shape index (κ3) is 4.48. The fourth-order valence-electron chi connectivity index (χ4n) is 1.57. The van der Waals surface area contributed by atoms with Crippen molar-refractivity contribution in [3.63, 3.8) is 0 Å². The number of rotatable bonds is 5. The molecule has 0 radical (unpaired) electrons. The minimum absolute atomic E-state index is 0.0558. The smallest absolute Gasteiger partial charge is 0.251 e. The molecule has 94 valence electrons. The van der Waals surface area contributed by atoms with Gasteiger partial charge in [0.15, 0.2) is 0 Å². The average Bonchev–Trinajstić information content (AvgIpc) is 2.26. The van der Waals surface area contributed by atoms with E-state index in [0.29, 0.717) is 24.4 Å². The summed E-state index contributed by atoms with van der Waals surface area (Å²) in [4.78, 5) is 11.9. The van der Waals surface area contributed by atoms with Crippen molar-refractivity contribution < 1.29 is 9.90 Å². The van der Waals surface area contributed by atoms with Gasteiger partial charge in [-0.2, -0.15) is 0 Å². The predicted octanol–water partition coefficient (Wildman–Crippen LogP) is 2.51. The molecule has 2 N–H and O–H groups in total. The number of nitrogens with one attached hydrogen (secondary N) is 1. The van der Waals surface area contributed by atoms with E-state index in [1.54, 1.807) is 0 Å². The zero-order chi connectivity index (χ0) is 12.8. The van der Waals surface area contributed by atoms with Crippen molar-refractivity contribution in [2.45, 2.75) is 20.3 Å². The SMILES string of the molecule is Cc1cc(Br)ccc1C(=O)NCC(C)CCO. The number of benzene rings is 1. The Hall–Kier alpha value is -0.870. The molecule has 1 atom stereocenters. The van der Waals surface area contributed by atoms with Gasteiger partial charge in [0.2, 0.25) is 0 Å². The lowest BCUT2D eigenvalue weighted by molar-refractivity contribution is 0.0945. The summed E-state index contributed by atoms with van der Waals surface area (Å²) in [7, 11) is 0. The highest BCUT2D eigenvalue weighted by Crippen LogP contribution is 2.15. The number of halogens is 1. The van der Waals surface area contributed by atoms with E-state index in [2.05, 4.69) is 21.2 Å². The van der Waals surface area contributed by atoms with Crippen LogP contribution in [0.3, 0.4) is 0 Å². The van der Waals surface area contributed by atoms with Gasteiger partial charge in [0.05, 0.1) is 0 Å². The Morgan fingerprint density at radius 1 is 1.53 bits per heavy atom. The molecule has 0 aromatic heterocycles. The lowest BCUT2D eigenvalue weighted by Gasteiger charge is -2.12. The maximum Gasteiger partial charge on any atom is 0.251 e. The molecule has 4 heteroatoms. The van der Waals surface area contributed by atoms with Gasteiger partial charge in [-0.1, -0.05) is 22.9 Å². The van der Waals surface area contributed by atoms with Crippen LogP contribution in [0.25, 0.3) is 0 Å². The van der Waals surface area contributed by atoms with Crippen LogP contribution in [0.1, 0.15) is 29.3 Å². The zero-order valence-electron chi connectivity index (χ0n) is 10.2. The summed E-state index contributed by atoms with van der Waals surface area (Å²) in [6.45, 7) is 4.67. The van der Waals surface area contributed by atoms with Gasteiger partial charge in [-0.3, -0.25) is 4.79 Å². The van der Waals surface area contributed by atoms with E-state index in [1.807, 2.05) is 32.0 Å². The minimum Gasteiger partial charge on any atom is -0.396 e. The molecule has 1 aromatic rings. The molecular formula is C13H18BrNO2. The van der Waals surface area contributed by atoms with Crippen LogP contribution in [-0.2, 0) is 0 Å². The van der Waals surface area contributed by atoms with Gasteiger partial charge in [0, 0.05) is 23.2 Å². The molecule has 1 aromatic carbocycles. The first kappa shape index (κ1) is 14.2. The predicted molar refractivity (Wildman–Crippen MR) is 72.1 cm³/mol. The van der Waals surface area contributed by atoms with E-state index < -0.39 is 0 Å². The van der Waals surface area contributed by atoms with Crippen LogP contribution < -0.4 is 5.32 Å². The van der Waals surface area contributed by atoms with Crippen molar-refractivity contribution >= 4 is 21.8 Å². The van der Waals surface area contributed by atoms with Crippen LogP contribution >= 0.6 is 15.9 Å². The van der Waals surface area contributed by atoms with Crippen molar-refractivity contribution in [1.29, 1.82) is 0 Å². The summed E-state index contributed by atoms with van der Waals surface area (Å²) in [6.07, 6.45) is 0.708. The van der Waals surface area contributed by atoms with Gasteiger partial charge in [-0.25, -0.2) is 0 Å². The molecule has 0 bridgehead atoms. The number of aliphatic hydroxyl groups excluding tert-OH is 1. The normalized spacial score (nSPS) is 12.2. The number of aryl methyl sites for hydroxylation is 1. The molecule has 0 saturated carbocycles. The van der Waals surface area contributed by atoms with Crippen LogP contribution in [0.2, 0.25) is 0 Å². The van der Waals surface area contributed by atoms with Gasteiger partial charge in [0.25, 0.3) is 5.91 Å². The molecule has 0 heterocycles. The van der Waals surface area contributed by atoms with E-state index >= 15 is 0 Å². The van der Waals surface area contributed by atoms with Crippen molar-refractivity contribution in [2.24, 2.45) is 5.92 Å². The van der Waals surface area contributed by atoms with E-state index in [-0.39, 0.29) is 12.5 Å². The van der Waals surface area contributed by atoms with Gasteiger partial charge < -0.3 is 10.4 Å². The summed E-state index contributed by atoms with van der Waals surface area (Å²) in [5.41, 5.74) is 1.65. The molecule has 1 unspecified atom stereocenters. The van der Waals surface area contributed by atoms with E-state index in [1.165, 1.54) is 0 Å². The highest BCUT2D eigenvalue weighted by atomic mass is 79.9. The Morgan fingerprint density at radius 2 is 2.24 bits per heavy atom. The van der Waals surface area contributed by atoms with Crippen molar-refractivity contribution in [2.75, 3.05) is 13.2 Å². The molecule has 17 heavy (non-hydrogen) atoms. The van der Waals surface area contributed by atoms with Gasteiger partial charge in [-0.15, -0.1) is 0 Å². The molecular weight excluding hydrogens is 282 g/mol. The van der Waals surface area contributed by atoms with Crippen molar-refractivity contribution in [3.05, 3.63) is 33.8 Å². The highest BCUT2D eigenvalue weighted by molar-refractivity contribution is 9.10. The maximum absolute atomic E-state index is 11.9. The molecule has 0 aliphatic rings. The average molecular weight is 300 g/mol. The van der Waals surface area contributed by atoms with E-state index in [4.69, 9.17) is 5.11 Å². The van der Waals surface area contributed by atoms with Crippen LogP contribution in [-0.4, -0.2) is 24.2 Å². The number of carbonyl (C=O) groups is 1. The fraction of sp³-hybridized carbons (Fsp3) is 0.462. The number of aliphatic hydroxyl groups is 1. The Kier molecular flexibility index (Phi) is 5.65. The standard InChI is InChI=1S/C13H18BrNO2/c1-9(5-6-16)8-15-13(17)12-4-3-11(14)7-10(12)2/h3-4,7,9,16H,5-6,8H2,1-2H3,(H,15,17). The van der Waals surface area contributed by atoms with E-state index in [9.17, 15) is 4.79 Å². The molecule has 1 amide bonds. The molecule has 1 rings (SSSR count). The topological polar surface area (TPSA) is 49.3 Å². The Balaban J connectivity index is 2.58. The van der Waals surface area contributed by atoms with Crippen LogP contribution in [0, 0.1) is 12.8 Å². The number of hydrogen-bond acceptors (Lipinski definition) is 2. The molecule has 0 aliphatic carbocycles. The summed E-state index contributed by atoms with van der Waals surface area (Å²) in [5, 5.41) is 11.7. The lowest BCUT2D eigenvalue weighted by atomic mass is 10.1. The first-order valence-electron chi connectivity index (χ1n) is 5.69. The van der Waals surface area contributed by atoms with Crippen LogP contribution in [0.15, 0.2) is 22.7 Å². The molecule has 0 saturated heterocycles. The Labute approximate surface area is 110 Å². The second kappa shape index (κ2) is 6.77. The van der Waals surface area contributed by atoms with Crippen molar-refractivity contribution in [3.8, 4) is 0 Å². The molecule has 0 spiro atoms. The van der Waals surface area contributed by atoms with Crippen LogP contribution in [0.5, 0.6) is 0 Å².